The number of hydrogen-bond acceptors (Lipinski definition) is 3. The van der Waals surface area contributed by atoms with Gasteiger partial charge in [0.2, 0.25) is 0 Å². The molecule has 0 aliphatic rings. The largest absolute Gasteiger partial charge is 0.467 e. The average molecular weight is 351 g/mol. The fourth-order valence-electron chi connectivity index (χ4n) is 2.12. The first-order valence-electron chi connectivity index (χ1n) is 6.99. The molecule has 1 aromatic heterocycles. The van der Waals surface area contributed by atoms with E-state index >= 15 is 0 Å². The van der Waals surface area contributed by atoms with Crippen LogP contribution in [0.2, 0.25) is 0 Å². The van der Waals surface area contributed by atoms with Crippen molar-refractivity contribution in [1.29, 1.82) is 0 Å². The first-order valence-corrected chi connectivity index (χ1v) is 7.81. The van der Waals surface area contributed by atoms with E-state index in [1.807, 2.05) is 12.1 Å². The Morgan fingerprint density at radius 1 is 1.13 bits per heavy atom. The van der Waals surface area contributed by atoms with Gasteiger partial charge in [0.05, 0.1) is 12.8 Å². The third-order valence-corrected chi connectivity index (χ3v) is 3.17. The van der Waals surface area contributed by atoms with Crippen molar-refractivity contribution in [2.45, 2.75) is 27.3 Å². The summed E-state index contributed by atoms with van der Waals surface area (Å²) in [4.78, 5) is 0. The van der Waals surface area contributed by atoms with E-state index in [1.54, 1.807) is 6.26 Å². The van der Waals surface area contributed by atoms with Gasteiger partial charge in [0.15, 0.2) is 10.2 Å². The Balaban J connectivity index is 0.000000593. The van der Waals surface area contributed by atoms with Crippen molar-refractivity contribution in [3.8, 4) is 0 Å². The molecule has 0 saturated heterocycles. The van der Waals surface area contributed by atoms with Gasteiger partial charge in [0.25, 0.3) is 0 Å². The van der Waals surface area contributed by atoms with Crippen LogP contribution in [0.3, 0.4) is 0 Å². The van der Waals surface area contributed by atoms with E-state index in [0.717, 1.165) is 11.4 Å². The van der Waals surface area contributed by atoms with Gasteiger partial charge in [0.1, 0.15) is 5.76 Å². The monoisotopic (exact) mass is 350 g/mol. The maximum absolute atomic E-state index is 5.30. The predicted octanol–water partition coefficient (Wildman–Crippen LogP) is 2.88. The molecule has 0 aliphatic carbocycles. The second kappa shape index (κ2) is 9.12. The Morgan fingerprint density at radius 2 is 1.70 bits per heavy atom. The van der Waals surface area contributed by atoms with E-state index < -0.39 is 0 Å². The second-order valence-electron chi connectivity index (χ2n) is 5.06. The minimum Gasteiger partial charge on any atom is -0.467 e. The topological polar surface area (TPSA) is 89.2 Å². The Labute approximate surface area is 147 Å². The van der Waals surface area contributed by atoms with Gasteiger partial charge in [-0.15, -0.1) is 0 Å². The minimum absolute atomic E-state index is 0.000000000000000222. The van der Waals surface area contributed by atoms with Gasteiger partial charge in [-0.2, -0.15) is 0 Å². The molecule has 0 saturated carbocycles. The molecule has 5 nitrogen and oxygen atoms in total. The van der Waals surface area contributed by atoms with Crippen molar-refractivity contribution in [3.63, 3.8) is 0 Å². The van der Waals surface area contributed by atoms with E-state index in [2.05, 4.69) is 67.2 Å². The Hall–Kier alpha value is -2.12. The van der Waals surface area contributed by atoms with Gasteiger partial charge in [-0.1, -0.05) is 17.7 Å². The second-order valence-corrected chi connectivity index (χ2v) is 5.94. The number of furan rings is 1. The molecule has 6 N–H and O–H groups in total. The highest BCUT2D eigenvalue weighted by molar-refractivity contribution is 7.80. The van der Waals surface area contributed by atoms with Crippen LogP contribution in [0.1, 0.15) is 22.5 Å². The van der Waals surface area contributed by atoms with E-state index in [0.29, 0.717) is 11.7 Å². The molecule has 0 atom stereocenters. The molecule has 0 radical (unpaired) electrons. The van der Waals surface area contributed by atoms with Crippen molar-refractivity contribution in [2.24, 2.45) is 11.5 Å². The van der Waals surface area contributed by atoms with Crippen molar-refractivity contribution >= 4 is 40.3 Å². The molecule has 23 heavy (non-hydrogen) atoms. The molecular weight excluding hydrogens is 328 g/mol. The van der Waals surface area contributed by atoms with E-state index in [-0.39, 0.29) is 5.11 Å². The first kappa shape index (κ1) is 18.9. The predicted molar refractivity (Wildman–Crippen MR) is 103 cm³/mol. The molecule has 0 fully saturated rings. The van der Waals surface area contributed by atoms with Gasteiger partial charge in [0, 0.05) is 5.69 Å². The Morgan fingerprint density at radius 3 is 2.17 bits per heavy atom. The normalized spacial score (nSPS) is 9.52. The van der Waals surface area contributed by atoms with Crippen LogP contribution in [0.4, 0.5) is 5.69 Å². The smallest absolute Gasteiger partial charge is 0.171 e. The Bertz CT molecular complexity index is 642. The summed E-state index contributed by atoms with van der Waals surface area (Å²) < 4.78 is 5.25. The van der Waals surface area contributed by atoms with Crippen LogP contribution >= 0.6 is 24.4 Å². The SMILES string of the molecule is Cc1cc(C)c(NC(=S)NCc2ccco2)c(C)c1.NC(N)=S. The molecule has 7 heteroatoms. The number of anilines is 1. The molecule has 0 amide bonds. The number of rotatable bonds is 3. The van der Waals surface area contributed by atoms with Crippen LogP contribution in [0.5, 0.6) is 0 Å². The van der Waals surface area contributed by atoms with Crippen molar-refractivity contribution in [2.75, 3.05) is 5.32 Å². The molecule has 2 aromatic rings. The van der Waals surface area contributed by atoms with Crippen LogP contribution < -0.4 is 22.1 Å². The molecular formula is C16H22N4OS2. The van der Waals surface area contributed by atoms with E-state index in [9.17, 15) is 0 Å². The zero-order chi connectivity index (χ0) is 17.4. The number of nitrogens with one attached hydrogen (secondary N) is 2. The summed E-state index contributed by atoms with van der Waals surface area (Å²) in [6.45, 7) is 6.84. The maximum Gasteiger partial charge on any atom is 0.171 e. The fraction of sp³-hybridized carbons (Fsp3) is 0.250. The third-order valence-electron chi connectivity index (χ3n) is 2.92. The van der Waals surface area contributed by atoms with Crippen LogP contribution in [0.25, 0.3) is 0 Å². The van der Waals surface area contributed by atoms with E-state index in [1.165, 1.54) is 16.7 Å². The van der Waals surface area contributed by atoms with Crippen molar-refractivity contribution < 1.29 is 4.42 Å². The van der Waals surface area contributed by atoms with Crippen LogP contribution in [0, 0.1) is 20.8 Å². The molecule has 2 rings (SSSR count). The highest BCUT2D eigenvalue weighted by Crippen LogP contribution is 2.21. The van der Waals surface area contributed by atoms with Gasteiger partial charge in [-0.25, -0.2) is 0 Å². The number of benzene rings is 1. The van der Waals surface area contributed by atoms with Gasteiger partial charge in [-0.3, -0.25) is 0 Å². The van der Waals surface area contributed by atoms with Gasteiger partial charge in [-0.05, 0) is 68.5 Å². The van der Waals surface area contributed by atoms with Crippen LogP contribution in [-0.2, 0) is 6.54 Å². The molecule has 1 aromatic carbocycles. The van der Waals surface area contributed by atoms with Gasteiger partial charge >= 0.3 is 0 Å². The lowest BCUT2D eigenvalue weighted by Gasteiger charge is -2.15. The quantitative estimate of drug-likeness (QED) is 0.633. The molecule has 124 valence electrons. The highest BCUT2D eigenvalue weighted by atomic mass is 32.1. The summed E-state index contributed by atoms with van der Waals surface area (Å²) >= 11 is 9.39. The zero-order valence-corrected chi connectivity index (χ0v) is 15.1. The lowest BCUT2D eigenvalue weighted by atomic mass is 10.1. The molecule has 1 heterocycles. The summed E-state index contributed by atoms with van der Waals surface area (Å²) in [7, 11) is 0. The maximum atomic E-state index is 5.30. The molecule has 0 aliphatic heterocycles. The minimum atomic E-state index is 0.000000000000000222. The van der Waals surface area contributed by atoms with E-state index in [4.69, 9.17) is 16.6 Å². The molecule has 0 bridgehead atoms. The molecule has 0 spiro atoms. The number of nitrogens with two attached hydrogens (primary N) is 2. The summed E-state index contributed by atoms with van der Waals surface area (Å²) in [5.41, 5.74) is 14.0. The van der Waals surface area contributed by atoms with Crippen LogP contribution in [0.15, 0.2) is 34.9 Å². The van der Waals surface area contributed by atoms with Crippen molar-refractivity contribution in [3.05, 3.63) is 53.0 Å². The summed E-state index contributed by atoms with van der Waals surface area (Å²) in [5.74, 6) is 0.862. The molecule has 0 unspecified atom stereocenters. The third kappa shape index (κ3) is 7.12. The van der Waals surface area contributed by atoms with Crippen LogP contribution in [-0.4, -0.2) is 10.2 Å². The highest BCUT2D eigenvalue weighted by Gasteiger charge is 2.06. The zero-order valence-electron chi connectivity index (χ0n) is 13.5. The summed E-state index contributed by atoms with van der Waals surface area (Å²) in [6, 6.07) is 8.06. The van der Waals surface area contributed by atoms with Gasteiger partial charge < -0.3 is 26.5 Å². The standard InChI is InChI=1S/C15H18N2OS.CH4N2S/c1-10-7-11(2)14(12(3)8-10)17-15(19)16-9-13-5-4-6-18-13;2-1(3)4/h4-8H,9H2,1-3H3,(H2,16,17,19);(H4,2,3,4). The summed E-state index contributed by atoms with van der Waals surface area (Å²) in [6.07, 6.45) is 1.65. The average Bonchev–Trinajstić information content (AvgIpc) is 2.93. The first-order chi connectivity index (χ1) is 10.8. The number of aryl methyl sites for hydroxylation is 3. The summed E-state index contributed by atoms with van der Waals surface area (Å²) in [5, 5.41) is 6.98. The lowest BCUT2D eigenvalue weighted by molar-refractivity contribution is 0.503. The number of thiocarbonyl (C=S) groups is 2. The Kier molecular flexibility index (Phi) is 7.50. The fourth-order valence-corrected chi connectivity index (χ4v) is 2.29. The number of hydrogen-bond donors (Lipinski definition) is 4. The van der Waals surface area contributed by atoms with Crippen molar-refractivity contribution in [1.82, 2.24) is 5.32 Å². The lowest BCUT2D eigenvalue weighted by Crippen LogP contribution is -2.28.